The van der Waals surface area contributed by atoms with E-state index in [2.05, 4.69) is 15.4 Å². The van der Waals surface area contributed by atoms with Crippen LogP contribution in [0.2, 0.25) is 0 Å². The molecule has 2 aliphatic heterocycles. The van der Waals surface area contributed by atoms with Crippen molar-refractivity contribution >= 4 is 17.3 Å². The smallest absolute Gasteiger partial charge is 0.273 e. The van der Waals surface area contributed by atoms with Crippen LogP contribution in [-0.2, 0) is 16.2 Å². The van der Waals surface area contributed by atoms with Gasteiger partial charge in [-0.25, -0.2) is 8.78 Å². The van der Waals surface area contributed by atoms with Crippen molar-refractivity contribution in [1.82, 2.24) is 4.90 Å². The van der Waals surface area contributed by atoms with Crippen molar-refractivity contribution in [2.45, 2.75) is 12.6 Å². The average Bonchev–Trinajstić information content (AvgIpc) is 3.25. The summed E-state index contributed by atoms with van der Waals surface area (Å²) in [5, 5.41) is 6.67. The molecule has 0 aliphatic carbocycles. The summed E-state index contributed by atoms with van der Waals surface area (Å²) in [7, 11) is 1.36. The molecule has 2 aromatic carbocycles. The van der Waals surface area contributed by atoms with E-state index in [1.807, 2.05) is 0 Å². The minimum Gasteiger partial charge on any atom is -0.494 e. The van der Waals surface area contributed by atoms with E-state index in [1.165, 1.54) is 37.4 Å². The van der Waals surface area contributed by atoms with Gasteiger partial charge in [-0.2, -0.15) is 0 Å². The van der Waals surface area contributed by atoms with Crippen LogP contribution in [0.3, 0.4) is 0 Å². The highest BCUT2D eigenvalue weighted by Gasteiger charge is 2.44. The summed E-state index contributed by atoms with van der Waals surface area (Å²) in [5.74, 6) is -1.26. The zero-order chi connectivity index (χ0) is 19.7. The van der Waals surface area contributed by atoms with Gasteiger partial charge in [-0.05, 0) is 29.8 Å². The van der Waals surface area contributed by atoms with E-state index < -0.39 is 5.82 Å². The fourth-order valence-corrected chi connectivity index (χ4v) is 3.53. The molecule has 0 radical (unpaired) electrons. The predicted octanol–water partition coefficient (Wildman–Crippen LogP) is 2.80. The number of benzene rings is 2. The number of likely N-dealkylation sites (tertiary alicyclic amines) is 1. The Labute approximate surface area is 160 Å². The maximum Gasteiger partial charge on any atom is 0.273 e. The second kappa shape index (κ2) is 7.55. The number of ether oxygens (including phenoxy) is 1. The molecule has 6 nitrogen and oxygen atoms in total. The minimum absolute atomic E-state index is 0.0478. The maximum absolute atomic E-state index is 13.5. The molecule has 28 heavy (non-hydrogen) atoms. The van der Waals surface area contributed by atoms with E-state index in [4.69, 9.17) is 9.57 Å². The molecule has 146 valence electrons. The van der Waals surface area contributed by atoms with Crippen molar-refractivity contribution in [2.24, 2.45) is 11.1 Å². The van der Waals surface area contributed by atoms with Crippen LogP contribution in [0.5, 0.6) is 5.75 Å². The van der Waals surface area contributed by atoms with Crippen LogP contribution in [0.1, 0.15) is 5.56 Å². The number of amides is 1. The lowest BCUT2D eigenvalue weighted by Crippen LogP contribution is -2.32. The van der Waals surface area contributed by atoms with E-state index >= 15 is 0 Å². The Kier molecular flexibility index (Phi) is 4.95. The van der Waals surface area contributed by atoms with Crippen LogP contribution in [-0.4, -0.2) is 42.8 Å². The Balaban J connectivity index is 1.40. The molecule has 1 N–H and O–H groups in total. The Hall–Kier alpha value is -3.00. The van der Waals surface area contributed by atoms with Crippen LogP contribution in [0.25, 0.3) is 0 Å². The number of hydrogen-bond acceptors (Lipinski definition) is 5. The maximum atomic E-state index is 13.5. The van der Waals surface area contributed by atoms with E-state index in [0.29, 0.717) is 31.0 Å². The molecule has 0 spiro atoms. The lowest BCUT2D eigenvalue weighted by atomic mass is 10.0. The molecule has 2 atom stereocenters. The highest BCUT2D eigenvalue weighted by molar-refractivity contribution is 6.44. The topological polar surface area (TPSA) is 63.2 Å². The number of carbonyl (C=O) groups is 1. The number of halogens is 2. The van der Waals surface area contributed by atoms with Crippen molar-refractivity contribution in [1.29, 1.82) is 0 Å². The number of anilines is 1. The Morgan fingerprint density at radius 3 is 2.79 bits per heavy atom. The van der Waals surface area contributed by atoms with Crippen LogP contribution in [0.15, 0.2) is 47.6 Å². The fraction of sp³-hybridized carbons (Fsp3) is 0.300. The number of hydrogen-bond donors (Lipinski definition) is 1. The summed E-state index contributed by atoms with van der Waals surface area (Å²) in [6.45, 7) is 1.88. The fourth-order valence-electron chi connectivity index (χ4n) is 3.53. The van der Waals surface area contributed by atoms with Gasteiger partial charge in [0, 0.05) is 31.4 Å². The molecule has 8 heteroatoms. The largest absolute Gasteiger partial charge is 0.494 e. The minimum atomic E-state index is -0.505. The molecular formula is C20H19F2N3O3. The normalized spacial score (nSPS) is 21.0. The van der Waals surface area contributed by atoms with Gasteiger partial charge in [0.05, 0.1) is 13.0 Å². The number of rotatable bonds is 5. The van der Waals surface area contributed by atoms with E-state index in [0.717, 1.165) is 5.56 Å². The quantitative estimate of drug-likeness (QED) is 0.857. The average molecular weight is 387 g/mol. The molecule has 0 aromatic heterocycles. The zero-order valence-corrected chi connectivity index (χ0v) is 15.2. The summed E-state index contributed by atoms with van der Waals surface area (Å²) in [5.41, 5.74) is 1.72. The van der Waals surface area contributed by atoms with Gasteiger partial charge in [0.1, 0.15) is 11.9 Å². The Bertz CT molecular complexity index is 917. The van der Waals surface area contributed by atoms with Gasteiger partial charge in [0.2, 0.25) is 0 Å². The summed E-state index contributed by atoms with van der Waals surface area (Å²) in [4.78, 5) is 20.2. The third-order valence-electron chi connectivity index (χ3n) is 4.94. The van der Waals surface area contributed by atoms with Gasteiger partial charge >= 0.3 is 0 Å². The standard InChI is InChI=1S/C20H19F2N3O3/c1-27-17-8-14(6-7-16(17)22)23-20(26)19-15-10-25(11-18(15)28-24-19)9-12-2-4-13(21)5-3-12/h2-8,15,18H,9-11H2,1H3,(H,23,26)/t15-,18+/m0/s1. The van der Waals surface area contributed by atoms with E-state index in [1.54, 1.807) is 12.1 Å². The van der Waals surface area contributed by atoms with Gasteiger partial charge in [0.25, 0.3) is 5.91 Å². The molecule has 2 heterocycles. The van der Waals surface area contributed by atoms with Gasteiger partial charge in [0.15, 0.2) is 17.3 Å². The van der Waals surface area contributed by atoms with Gasteiger partial charge in [-0.1, -0.05) is 17.3 Å². The number of fused-ring (bicyclic) bond motifs is 1. The summed E-state index contributed by atoms with van der Waals surface area (Å²) in [6, 6.07) is 10.4. The number of nitrogens with one attached hydrogen (secondary N) is 1. The van der Waals surface area contributed by atoms with Gasteiger partial charge in [-0.15, -0.1) is 0 Å². The molecular weight excluding hydrogens is 368 g/mol. The molecule has 0 saturated carbocycles. The van der Waals surface area contributed by atoms with Crippen molar-refractivity contribution in [3.8, 4) is 5.75 Å². The second-order valence-electron chi connectivity index (χ2n) is 6.85. The Morgan fingerprint density at radius 2 is 2.04 bits per heavy atom. The van der Waals surface area contributed by atoms with Gasteiger partial charge in [-0.3, -0.25) is 9.69 Å². The first-order valence-corrected chi connectivity index (χ1v) is 8.89. The highest BCUT2D eigenvalue weighted by atomic mass is 19.1. The van der Waals surface area contributed by atoms with Crippen LogP contribution in [0.4, 0.5) is 14.5 Å². The highest BCUT2D eigenvalue weighted by Crippen LogP contribution is 2.29. The third-order valence-corrected chi connectivity index (χ3v) is 4.94. The van der Waals surface area contributed by atoms with Crippen molar-refractivity contribution < 1.29 is 23.1 Å². The molecule has 1 saturated heterocycles. The third kappa shape index (κ3) is 3.68. The van der Waals surface area contributed by atoms with Crippen molar-refractivity contribution in [3.63, 3.8) is 0 Å². The lowest BCUT2D eigenvalue weighted by molar-refractivity contribution is -0.110. The first-order chi connectivity index (χ1) is 13.5. The number of methoxy groups -OCH3 is 1. The molecule has 4 rings (SSSR count). The Morgan fingerprint density at radius 1 is 1.25 bits per heavy atom. The number of nitrogens with zero attached hydrogens (tertiary/aromatic N) is 2. The molecule has 1 amide bonds. The number of oxime groups is 1. The number of carbonyl (C=O) groups excluding carboxylic acids is 1. The predicted molar refractivity (Wildman–Crippen MR) is 99.1 cm³/mol. The summed E-state index contributed by atoms with van der Waals surface area (Å²) in [6.07, 6.45) is -0.191. The van der Waals surface area contributed by atoms with Crippen molar-refractivity contribution in [2.75, 3.05) is 25.5 Å². The molecule has 1 fully saturated rings. The first kappa shape index (κ1) is 18.4. The molecule has 2 aromatic rings. The monoisotopic (exact) mass is 387 g/mol. The second-order valence-corrected chi connectivity index (χ2v) is 6.85. The van der Waals surface area contributed by atoms with E-state index in [9.17, 15) is 13.6 Å². The summed E-state index contributed by atoms with van der Waals surface area (Å²) >= 11 is 0. The molecule has 0 unspecified atom stereocenters. The van der Waals surface area contributed by atoms with Gasteiger partial charge < -0.3 is 14.9 Å². The van der Waals surface area contributed by atoms with E-state index in [-0.39, 0.29) is 29.5 Å². The molecule has 0 bridgehead atoms. The summed E-state index contributed by atoms with van der Waals surface area (Å²) < 4.78 is 31.5. The van der Waals surface area contributed by atoms with Crippen LogP contribution in [0, 0.1) is 17.6 Å². The lowest BCUT2D eigenvalue weighted by Gasteiger charge is -2.16. The zero-order valence-electron chi connectivity index (χ0n) is 15.2. The van der Waals surface area contributed by atoms with Crippen molar-refractivity contribution in [3.05, 3.63) is 59.7 Å². The first-order valence-electron chi connectivity index (χ1n) is 8.89. The molecule has 2 aliphatic rings. The SMILES string of the molecule is COc1cc(NC(=O)C2=NO[C@@H]3CN(Cc4ccc(F)cc4)C[C@H]23)ccc1F. The van der Waals surface area contributed by atoms with Crippen LogP contribution >= 0.6 is 0 Å². The van der Waals surface area contributed by atoms with Crippen LogP contribution < -0.4 is 10.1 Å².